The zero-order chi connectivity index (χ0) is 16.6. The third-order valence-electron chi connectivity index (χ3n) is 4.06. The Kier molecular flexibility index (Phi) is 3.90. The van der Waals surface area contributed by atoms with E-state index in [0.29, 0.717) is 5.56 Å². The molecule has 8 nitrogen and oxygen atoms in total. The second-order valence-electron chi connectivity index (χ2n) is 5.36. The van der Waals surface area contributed by atoms with Crippen molar-refractivity contribution in [1.29, 1.82) is 0 Å². The molecule has 2 aromatic rings. The van der Waals surface area contributed by atoms with E-state index in [9.17, 15) is 24.9 Å². The van der Waals surface area contributed by atoms with E-state index in [2.05, 4.69) is 9.97 Å². The minimum absolute atomic E-state index is 0.0641. The molecule has 1 aromatic heterocycles. The summed E-state index contributed by atoms with van der Waals surface area (Å²) >= 11 is 0. The fourth-order valence-electron chi connectivity index (χ4n) is 2.96. The molecular formula is C15H16N2O6. The minimum atomic E-state index is -1.70. The van der Waals surface area contributed by atoms with Gasteiger partial charge in [0.15, 0.2) is 5.60 Å². The summed E-state index contributed by atoms with van der Waals surface area (Å²) < 4.78 is 5.72. The zero-order valence-corrected chi connectivity index (χ0v) is 12.0. The van der Waals surface area contributed by atoms with Crippen LogP contribution in [0.4, 0.5) is 0 Å². The van der Waals surface area contributed by atoms with Crippen LogP contribution >= 0.6 is 0 Å². The fourth-order valence-corrected chi connectivity index (χ4v) is 2.96. The molecule has 0 saturated carbocycles. The number of aliphatic hydroxyl groups is 3. The van der Waals surface area contributed by atoms with Crippen molar-refractivity contribution in [2.75, 3.05) is 6.61 Å². The summed E-state index contributed by atoms with van der Waals surface area (Å²) in [5, 5.41) is 30.1. The van der Waals surface area contributed by atoms with E-state index in [1.807, 2.05) is 0 Å². The van der Waals surface area contributed by atoms with E-state index in [1.54, 1.807) is 30.3 Å². The fraction of sp³-hybridized carbons (Fsp3) is 0.333. The average Bonchev–Trinajstić information content (AvgIpc) is 2.81. The van der Waals surface area contributed by atoms with Crippen LogP contribution in [0.2, 0.25) is 0 Å². The predicted octanol–water partition coefficient (Wildman–Crippen LogP) is -1.58. The van der Waals surface area contributed by atoms with Crippen LogP contribution in [0.3, 0.4) is 0 Å². The smallest absolute Gasteiger partial charge is 0.325 e. The van der Waals surface area contributed by atoms with Crippen LogP contribution in [-0.4, -0.2) is 50.2 Å². The highest BCUT2D eigenvalue weighted by molar-refractivity contribution is 5.38. The van der Waals surface area contributed by atoms with Gasteiger partial charge in [-0.05, 0) is 5.56 Å². The third-order valence-corrected chi connectivity index (χ3v) is 4.06. The summed E-state index contributed by atoms with van der Waals surface area (Å²) in [5.74, 6) is 0. The molecule has 0 radical (unpaired) electrons. The van der Waals surface area contributed by atoms with Crippen molar-refractivity contribution >= 4 is 0 Å². The molecule has 3 rings (SSSR count). The molecule has 1 aromatic carbocycles. The van der Waals surface area contributed by atoms with Crippen LogP contribution in [0.1, 0.15) is 11.1 Å². The predicted molar refractivity (Wildman–Crippen MR) is 78.9 cm³/mol. The molecule has 8 heteroatoms. The Bertz CT molecular complexity index is 801. The van der Waals surface area contributed by atoms with Gasteiger partial charge in [0.2, 0.25) is 0 Å². The highest BCUT2D eigenvalue weighted by Crippen LogP contribution is 2.43. The molecule has 23 heavy (non-hydrogen) atoms. The van der Waals surface area contributed by atoms with Crippen LogP contribution in [0.5, 0.6) is 0 Å². The van der Waals surface area contributed by atoms with Crippen LogP contribution in [0.15, 0.2) is 46.1 Å². The number of H-pyrrole nitrogens is 2. The molecule has 4 atom stereocenters. The Morgan fingerprint density at radius 3 is 2.43 bits per heavy atom. The monoisotopic (exact) mass is 320 g/mol. The number of ether oxygens (including phenoxy) is 1. The summed E-state index contributed by atoms with van der Waals surface area (Å²) in [5.41, 5.74) is -2.80. The standard InChI is InChI=1S/C15H16N2O6/c18-7-10-11(19)12(20)15(23-10,8-4-2-1-3-5-8)9-6-16-14(22)17-13(9)21/h1-6,10-12,18-20H,7H2,(H2,16,17,21,22)/t10-,11-,12-,15+/m1/s1. The highest BCUT2D eigenvalue weighted by atomic mass is 16.6. The second kappa shape index (κ2) is 5.74. The summed E-state index contributed by atoms with van der Waals surface area (Å²) in [6, 6.07) is 8.37. The highest BCUT2D eigenvalue weighted by Gasteiger charge is 2.57. The summed E-state index contributed by atoms with van der Waals surface area (Å²) in [7, 11) is 0. The molecule has 0 aliphatic carbocycles. The van der Waals surface area contributed by atoms with E-state index in [0.717, 1.165) is 6.20 Å². The molecule has 1 fully saturated rings. The van der Waals surface area contributed by atoms with E-state index in [1.165, 1.54) is 0 Å². The van der Waals surface area contributed by atoms with Crippen LogP contribution in [0.25, 0.3) is 0 Å². The molecule has 0 unspecified atom stereocenters. The molecule has 5 N–H and O–H groups in total. The first-order valence-corrected chi connectivity index (χ1v) is 7.03. The average molecular weight is 320 g/mol. The molecule has 0 amide bonds. The maximum atomic E-state index is 12.2. The molecule has 0 spiro atoms. The molecular weight excluding hydrogens is 304 g/mol. The number of aromatic nitrogens is 2. The van der Waals surface area contributed by atoms with E-state index in [4.69, 9.17) is 4.74 Å². The maximum Gasteiger partial charge on any atom is 0.325 e. The van der Waals surface area contributed by atoms with Crippen molar-refractivity contribution in [3.8, 4) is 0 Å². The van der Waals surface area contributed by atoms with Crippen molar-refractivity contribution in [2.45, 2.75) is 23.9 Å². The lowest BCUT2D eigenvalue weighted by Gasteiger charge is -2.32. The Hall–Kier alpha value is -2.26. The molecule has 1 aliphatic heterocycles. The number of nitrogens with one attached hydrogen (secondary N) is 2. The lowest BCUT2D eigenvalue weighted by atomic mass is 9.82. The van der Waals surface area contributed by atoms with Crippen molar-refractivity contribution in [3.63, 3.8) is 0 Å². The molecule has 122 valence electrons. The van der Waals surface area contributed by atoms with Crippen LogP contribution in [-0.2, 0) is 10.3 Å². The second-order valence-corrected chi connectivity index (χ2v) is 5.36. The van der Waals surface area contributed by atoms with Gasteiger partial charge in [-0.3, -0.25) is 9.78 Å². The number of hydrogen-bond acceptors (Lipinski definition) is 6. The summed E-state index contributed by atoms with van der Waals surface area (Å²) in [6.45, 7) is -0.534. The Morgan fingerprint density at radius 1 is 1.17 bits per heavy atom. The summed E-state index contributed by atoms with van der Waals surface area (Å²) in [4.78, 5) is 27.9. The quantitative estimate of drug-likeness (QED) is 0.463. The Balaban J connectivity index is 2.28. The normalized spacial score (nSPS) is 30.5. The van der Waals surface area contributed by atoms with Gasteiger partial charge in [-0.15, -0.1) is 0 Å². The van der Waals surface area contributed by atoms with Crippen molar-refractivity contribution in [3.05, 3.63) is 68.5 Å². The van der Waals surface area contributed by atoms with Gasteiger partial charge < -0.3 is 25.0 Å². The first kappa shape index (κ1) is 15.6. The lowest BCUT2D eigenvalue weighted by Crippen LogP contribution is -2.46. The topological polar surface area (TPSA) is 136 Å². The van der Waals surface area contributed by atoms with Gasteiger partial charge in [0.1, 0.15) is 18.3 Å². The first-order valence-electron chi connectivity index (χ1n) is 7.03. The zero-order valence-electron chi connectivity index (χ0n) is 12.0. The Morgan fingerprint density at radius 2 is 1.87 bits per heavy atom. The number of aromatic amines is 2. The number of hydrogen-bond donors (Lipinski definition) is 5. The molecule has 0 bridgehead atoms. The van der Waals surface area contributed by atoms with Gasteiger partial charge in [-0.2, -0.15) is 0 Å². The number of aliphatic hydroxyl groups excluding tert-OH is 3. The van der Waals surface area contributed by atoms with Crippen LogP contribution in [0, 0.1) is 0 Å². The van der Waals surface area contributed by atoms with Gasteiger partial charge in [0, 0.05) is 6.20 Å². The van der Waals surface area contributed by atoms with Gasteiger partial charge in [-0.25, -0.2) is 4.79 Å². The summed E-state index contributed by atoms with van der Waals surface area (Å²) in [6.07, 6.45) is -2.83. The lowest BCUT2D eigenvalue weighted by molar-refractivity contribution is -0.0719. The van der Waals surface area contributed by atoms with Gasteiger partial charge >= 0.3 is 5.69 Å². The van der Waals surface area contributed by atoms with E-state index >= 15 is 0 Å². The number of benzene rings is 1. The maximum absolute atomic E-state index is 12.2. The van der Waals surface area contributed by atoms with Crippen molar-refractivity contribution in [1.82, 2.24) is 9.97 Å². The third kappa shape index (κ3) is 2.32. The van der Waals surface area contributed by atoms with Gasteiger partial charge in [-0.1, -0.05) is 30.3 Å². The van der Waals surface area contributed by atoms with E-state index in [-0.39, 0.29) is 5.56 Å². The van der Waals surface area contributed by atoms with Crippen molar-refractivity contribution in [2.24, 2.45) is 0 Å². The largest absolute Gasteiger partial charge is 0.394 e. The Labute approximate surface area is 130 Å². The van der Waals surface area contributed by atoms with Crippen molar-refractivity contribution < 1.29 is 20.1 Å². The number of rotatable bonds is 3. The van der Waals surface area contributed by atoms with Crippen LogP contribution < -0.4 is 11.2 Å². The van der Waals surface area contributed by atoms with E-state index < -0.39 is 41.8 Å². The molecule has 1 aliphatic rings. The van der Waals surface area contributed by atoms with Gasteiger partial charge in [0.05, 0.1) is 12.2 Å². The SMILES string of the molecule is O=c1[nH]cc([C@]2(c3ccccc3)O[C@H](CO)[C@@H](O)[C@H]2O)c(=O)[nH]1. The van der Waals surface area contributed by atoms with Gasteiger partial charge in [0.25, 0.3) is 5.56 Å². The minimum Gasteiger partial charge on any atom is -0.394 e. The molecule has 1 saturated heterocycles. The first-order chi connectivity index (χ1) is 11.0. The molecule has 2 heterocycles.